The maximum atomic E-state index is 12.0. The van der Waals surface area contributed by atoms with Crippen molar-refractivity contribution in [3.8, 4) is 0 Å². The van der Waals surface area contributed by atoms with Crippen LogP contribution in [0.25, 0.3) is 10.2 Å². The van der Waals surface area contributed by atoms with Crippen LogP contribution in [0.1, 0.15) is 43.6 Å². The third-order valence-electron chi connectivity index (χ3n) is 4.48. The lowest BCUT2D eigenvalue weighted by molar-refractivity contribution is -0.130. The van der Waals surface area contributed by atoms with E-state index < -0.39 is 0 Å². The number of nitrogens with one attached hydrogen (secondary N) is 1. The van der Waals surface area contributed by atoms with Crippen LogP contribution in [0, 0.1) is 0 Å². The highest BCUT2D eigenvalue weighted by Crippen LogP contribution is 2.38. The van der Waals surface area contributed by atoms with Gasteiger partial charge in [-0.05, 0) is 45.1 Å². The van der Waals surface area contributed by atoms with Gasteiger partial charge in [0.25, 0.3) is 0 Å². The first-order valence-corrected chi connectivity index (χ1v) is 9.33. The molecule has 2 aromatic heterocycles. The van der Waals surface area contributed by atoms with Gasteiger partial charge in [-0.1, -0.05) is 0 Å². The zero-order chi connectivity index (χ0) is 16.2. The molecule has 2 heterocycles. The van der Waals surface area contributed by atoms with Crippen LogP contribution in [0.15, 0.2) is 6.33 Å². The summed E-state index contributed by atoms with van der Waals surface area (Å²) in [5, 5.41) is 4.63. The van der Waals surface area contributed by atoms with Gasteiger partial charge in [0.2, 0.25) is 5.91 Å². The highest BCUT2D eigenvalue weighted by molar-refractivity contribution is 7.19. The molecule has 0 aromatic carbocycles. The van der Waals surface area contributed by atoms with E-state index in [1.807, 2.05) is 18.7 Å². The maximum absolute atomic E-state index is 12.0. The van der Waals surface area contributed by atoms with Crippen molar-refractivity contribution in [1.82, 2.24) is 14.9 Å². The first-order chi connectivity index (χ1) is 11.2. The number of aromatic nitrogens is 2. The molecule has 0 aliphatic heterocycles. The van der Waals surface area contributed by atoms with Gasteiger partial charge in [-0.3, -0.25) is 4.79 Å². The van der Waals surface area contributed by atoms with Crippen molar-refractivity contribution in [3.63, 3.8) is 0 Å². The highest BCUT2D eigenvalue weighted by Gasteiger charge is 2.21. The van der Waals surface area contributed by atoms with Crippen LogP contribution < -0.4 is 5.32 Å². The zero-order valence-corrected chi connectivity index (χ0v) is 14.7. The van der Waals surface area contributed by atoms with E-state index in [1.54, 1.807) is 17.7 Å². The molecule has 0 radical (unpaired) electrons. The van der Waals surface area contributed by atoms with Crippen molar-refractivity contribution < 1.29 is 4.79 Å². The fourth-order valence-electron chi connectivity index (χ4n) is 3.24. The lowest BCUT2D eigenvalue weighted by Gasteiger charge is -2.18. The standard InChI is InChI=1S/C17H24N4OS/c1-3-21(4-2)14(22)9-6-10-18-16-15-12-7-5-8-13(12)23-17(15)20-11-19-16/h11H,3-10H2,1-2H3,(H,18,19,20). The Bertz CT molecular complexity index is 693. The molecule has 0 bridgehead atoms. The summed E-state index contributed by atoms with van der Waals surface area (Å²) in [5.74, 6) is 1.17. The number of aryl methyl sites for hydroxylation is 2. The quantitative estimate of drug-likeness (QED) is 0.791. The highest BCUT2D eigenvalue weighted by atomic mass is 32.1. The molecule has 2 aromatic rings. The first-order valence-electron chi connectivity index (χ1n) is 8.51. The van der Waals surface area contributed by atoms with Gasteiger partial charge >= 0.3 is 0 Å². The van der Waals surface area contributed by atoms with Gasteiger partial charge in [-0.15, -0.1) is 11.3 Å². The summed E-state index contributed by atoms with van der Waals surface area (Å²) in [4.78, 5) is 25.3. The molecule has 0 saturated heterocycles. The Balaban J connectivity index is 1.61. The predicted octanol–water partition coefficient (Wildman–Crippen LogP) is 3.24. The number of rotatable bonds is 7. The van der Waals surface area contributed by atoms with Gasteiger partial charge < -0.3 is 10.2 Å². The van der Waals surface area contributed by atoms with Crippen LogP contribution >= 0.6 is 11.3 Å². The molecule has 1 amide bonds. The normalized spacial score (nSPS) is 13.3. The minimum Gasteiger partial charge on any atom is -0.369 e. The lowest BCUT2D eigenvalue weighted by Crippen LogP contribution is -2.30. The number of amides is 1. The first kappa shape index (κ1) is 16.2. The number of carbonyl (C=O) groups excluding carboxylic acids is 1. The van der Waals surface area contributed by atoms with E-state index in [1.165, 1.54) is 28.7 Å². The van der Waals surface area contributed by atoms with Crippen molar-refractivity contribution >= 4 is 33.3 Å². The molecule has 5 nitrogen and oxygen atoms in total. The third kappa shape index (κ3) is 3.32. The summed E-state index contributed by atoms with van der Waals surface area (Å²) in [6, 6.07) is 0. The van der Waals surface area contributed by atoms with Gasteiger partial charge in [-0.2, -0.15) is 0 Å². The summed E-state index contributed by atoms with van der Waals surface area (Å²) >= 11 is 1.80. The predicted molar refractivity (Wildman–Crippen MR) is 95.1 cm³/mol. The smallest absolute Gasteiger partial charge is 0.222 e. The van der Waals surface area contributed by atoms with E-state index in [4.69, 9.17) is 0 Å². The average Bonchev–Trinajstić information content (AvgIpc) is 3.13. The van der Waals surface area contributed by atoms with Gasteiger partial charge in [0, 0.05) is 30.9 Å². The van der Waals surface area contributed by atoms with Crippen molar-refractivity contribution in [1.29, 1.82) is 0 Å². The summed E-state index contributed by atoms with van der Waals surface area (Å²) in [6.45, 7) is 6.39. The molecule has 0 unspecified atom stereocenters. The minimum atomic E-state index is 0.237. The van der Waals surface area contributed by atoms with E-state index in [0.29, 0.717) is 6.42 Å². The molecular formula is C17H24N4OS. The Morgan fingerprint density at radius 3 is 2.91 bits per heavy atom. The van der Waals surface area contributed by atoms with E-state index >= 15 is 0 Å². The van der Waals surface area contributed by atoms with Crippen LogP contribution in [0.3, 0.4) is 0 Å². The molecule has 6 heteroatoms. The Labute approximate surface area is 141 Å². The number of fused-ring (bicyclic) bond motifs is 3. The molecule has 1 aliphatic carbocycles. The van der Waals surface area contributed by atoms with Crippen LogP contribution in [-0.4, -0.2) is 40.4 Å². The van der Waals surface area contributed by atoms with E-state index in [9.17, 15) is 4.79 Å². The second-order valence-electron chi connectivity index (χ2n) is 5.86. The maximum Gasteiger partial charge on any atom is 0.222 e. The number of anilines is 1. The number of nitrogens with zero attached hydrogens (tertiary/aromatic N) is 3. The summed E-state index contributed by atoms with van der Waals surface area (Å²) < 4.78 is 0. The Morgan fingerprint density at radius 2 is 2.13 bits per heavy atom. The SMILES string of the molecule is CCN(CC)C(=O)CCCNc1ncnc2sc3c(c12)CCC3. The van der Waals surface area contributed by atoms with E-state index in [-0.39, 0.29) is 5.91 Å². The summed E-state index contributed by atoms with van der Waals surface area (Å²) in [5.41, 5.74) is 1.44. The molecule has 1 aliphatic rings. The van der Waals surface area contributed by atoms with Gasteiger partial charge in [0.15, 0.2) is 0 Å². The second-order valence-corrected chi connectivity index (χ2v) is 6.94. The molecule has 3 rings (SSSR count). The number of thiophene rings is 1. The number of hydrogen-bond donors (Lipinski definition) is 1. The number of carbonyl (C=O) groups is 1. The van der Waals surface area contributed by atoms with Crippen LogP contribution in [0.2, 0.25) is 0 Å². The van der Waals surface area contributed by atoms with Gasteiger partial charge in [0.1, 0.15) is 17.0 Å². The molecular weight excluding hydrogens is 308 g/mol. The fourth-order valence-corrected chi connectivity index (χ4v) is 4.47. The molecule has 1 N–H and O–H groups in total. The molecule has 0 spiro atoms. The minimum absolute atomic E-state index is 0.237. The zero-order valence-electron chi connectivity index (χ0n) is 13.9. The lowest BCUT2D eigenvalue weighted by atomic mass is 10.2. The van der Waals surface area contributed by atoms with E-state index in [0.717, 1.165) is 43.1 Å². The van der Waals surface area contributed by atoms with Crippen LogP contribution in [0.5, 0.6) is 0 Å². The van der Waals surface area contributed by atoms with Crippen molar-refractivity contribution in [2.75, 3.05) is 25.0 Å². The second kappa shape index (κ2) is 7.25. The molecule has 0 fully saturated rings. The Morgan fingerprint density at radius 1 is 1.30 bits per heavy atom. The molecule has 0 saturated carbocycles. The average molecular weight is 332 g/mol. The topological polar surface area (TPSA) is 58.1 Å². The van der Waals surface area contributed by atoms with Crippen molar-refractivity contribution in [2.45, 2.75) is 46.0 Å². The molecule has 124 valence electrons. The van der Waals surface area contributed by atoms with E-state index in [2.05, 4.69) is 15.3 Å². The Hall–Kier alpha value is -1.69. The summed E-state index contributed by atoms with van der Waals surface area (Å²) in [6.07, 6.45) is 6.60. The summed E-state index contributed by atoms with van der Waals surface area (Å²) in [7, 11) is 0. The van der Waals surface area contributed by atoms with Crippen LogP contribution in [-0.2, 0) is 17.6 Å². The monoisotopic (exact) mass is 332 g/mol. The van der Waals surface area contributed by atoms with Gasteiger partial charge in [-0.25, -0.2) is 9.97 Å². The van der Waals surface area contributed by atoms with Crippen molar-refractivity contribution in [2.24, 2.45) is 0 Å². The number of hydrogen-bond acceptors (Lipinski definition) is 5. The molecule has 23 heavy (non-hydrogen) atoms. The third-order valence-corrected chi connectivity index (χ3v) is 5.68. The Kier molecular flexibility index (Phi) is 5.10. The van der Waals surface area contributed by atoms with Crippen molar-refractivity contribution in [3.05, 3.63) is 16.8 Å². The molecule has 0 atom stereocenters. The van der Waals surface area contributed by atoms with Gasteiger partial charge in [0.05, 0.1) is 5.39 Å². The fraction of sp³-hybridized carbons (Fsp3) is 0.588. The largest absolute Gasteiger partial charge is 0.369 e. The van der Waals surface area contributed by atoms with Crippen LogP contribution in [0.4, 0.5) is 5.82 Å².